The minimum atomic E-state index is -0.511. The first-order chi connectivity index (χ1) is 8.33. The van der Waals surface area contributed by atoms with Gasteiger partial charge in [-0.15, -0.1) is 0 Å². The maximum atomic E-state index is 11.9. The highest BCUT2D eigenvalue weighted by Gasteiger charge is 2.31. The molecule has 1 fully saturated rings. The van der Waals surface area contributed by atoms with Crippen LogP contribution >= 0.6 is 0 Å². The average Bonchev–Trinajstić information content (AvgIpc) is 2.25. The molecule has 0 aromatic heterocycles. The van der Waals surface area contributed by atoms with Crippen molar-refractivity contribution in [3.8, 4) is 0 Å². The molecule has 1 rings (SSSR count). The van der Waals surface area contributed by atoms with E-state index in [2.05, 4.69) is 5.32 Å². The van der Waals surface area contributed by atoms with Gasteiger partial charge in [-0.05, 0) is 47.2 Å². The van der Waals surface area contributed by atoms with Crippen LogP contribution in [-0.4, -0.2) is 49.1 Å². The summed E-state index contributed by atoms with van der Waals surface area (Å²) in [4.78, 5) is 25.2. The molecule has 0 saturated carbocycles. The second kappa shape index (κ2) is 6.18. The van der Waals surface area contributed by atoms with Gasteiger partial charge >= 0.3 is 6.09 Å². The van der Waals surface area contributed by atoms with Gasteiger partial charge in [-0.1, -0.05) is 0 Å². The van der Waals surface area contributed by atoms with Crippen molar-refractivity contribution in [2.75, 3.05) is 26.7 Å². The molecule has 0 aliphatic carbocycles. The molecule has 1 aliphatic heterocycles. The lowest BCUT2D eigenvalue weighted by molar-refractivity contribution is -0.126. The van der Waals surface area contributed by atoms with E-state index in [4.69, 9.17) is 4.74 Å². The number of ether oxygens (including phenoxy) is 1. The predicted molar refractivity (Wildman–Crippen MR) is 69.5 cm³/mol. The van der Waals surface area contributed by atoms with Crippen LogP contribution in [0.5, 0.6) is 0 Å². The fourth-order valence-electron chi connectivity index (χ4n) is 1.98. The number of piperidine rings is 1. The molecule has 0 bridgehead atoms. The molecule has 0 aromatic carbocycles. The summed E-state index contributed by atoms with van der Waals surface area (Å²) in [6.45, 7) is 7.10. The highest BCUT2D eigenvalue weighted by Crippen LogP contribution is 2.19. The quantitative estimate of drug-likeness (QED) is 0.829. The zero-order valence-corrected chi connectivity index (χ0v) is 11.8. The Morgan fingerprint density at radius 3 is 2.67 bits per heavy atom. The molecule has 5 heteroatoms. The molecule has 1 amide bonds. The van der Waals surface area contributed by atoms with Crippen LogP contribution in [0.3, 0.4) is 0 Å². The van der Waals surface area contributed by atoms with E-state index in [1.165, 1.54) is 4.90 Å². The molecule has 1 atom stereocenters. The Kier molecular flexibility index (Phi) is 5.14. The van der Waals surface area contributed by atoms with Crippen LogP contribution < -0.4 is 5.32 Å². The monoisotopic (exact) mass is 256 g/mol. The van der Waals surface area contributed by atoms with Crippen LogP contribution in [0.1, 0.15) is 33.6 Å². The molecule has 1 aliphatic rings. The van der Waals surface area contributed by atoms with E-state index < -0.39 is 5.60 Å². The Morgan fingerprint density at radius 2 is 2.17 bits per heavy atom. The Labute approximate surface area is 109 Å². The number of Topliss-reactive ketones (excluding diaryl/α,β-unsaturated/α-hetero) is 1. The lowest BCUT2D eigenvalue weighted by atomic mass is 9.92. The van der Waals surface area contributed by atoms with Crippen LogP contribution in [0.4, 0.5) is 4.79 Å². The van der Waals surface area contributed by atoms with E-state index >= 15 is 0 Å². The number of amides is 1. The summed E-state index contributed by atoms with van der Waals surface area (Å²) in [6, 6.07) is 0. The van der Waals surface area contributed by atoms with Gasteiger partial charge in [0.1, 0.15) is 5.60 Å². The molecule has 1 unspecified atom stereocenters. The van der Waals surface area contributed by atoms with Gasteiger partial charge in [-0.3, -0.25) is 4.79 Å². The summed E-state index contributed by atoms with van der Waals surface area (Å²) in [6.07, 6.45) is 1.19. The van der Waals surface area contributed by atoms with Crippen molar-refractivity contribution in [2.24, 2.45) is 5.92 Å². The van der Waals surface area contributed by atoms with E-state index in [1.54, 1.807) is 0 Å². The number of nitrogens with one attached hydrogen (secondary N) is 1. The number of ketones is 1. The first-order valence-corrected chi connectivity index (χ1v) is 6.48. The van der Waals surface area contributed by atoms with Crippen molar-refractivity contribution in [1.29, 1.82) is 0 Å². The van der Waals surface area contributed by atoms with E-state index in [0.717, 1.165) is 19.4 Å². The molecule has 18 heavy (non-hydrogen) atoms. The molecule has 5 nitrogen and oxygen atoms in total. The fourth-order valence-corrected chi connectivity index (χ4v) is 1.98. The second-order valence-electron chi connectivity index (χ2n) is 5.75. The van der Waals surface area contributed by atoms with Gasteiger partial charge in [0.05, 0.1) is 6.54 Å². The number of hydrogen-bond acceptors (Lipinski definition) is 4. The van der Waals surface area contributed by atoms with Gasteiger partial charge in [0.15, 0.2) is 5.78 Å². The van der Waals surface area contributed by atoms with Gasteiger partial charge in [-0.2, -0.15) is 0 Å². The van der Waals surface area contributed by atoms with E-state index in [1.807, 2.05) is 27.8 Å². The van der Waals surface area contributed by atoms with Gasteiger partial charge < -0.3 is 15.0 Å². The van der Waals surface area contributed by atoms with E-state index in [0.29, 0.717) is 6.54 Å². The van der Waals surface area contributed by atoms with Gasteiger partial charge in [-0.25, -0.2) is 4.79 Å². The minimum absolute atomic E-state index is 0.0798. The van der Waals surface area contributed by atoms with Crippen molar-refractivity contribution >= 4 is 11.9 Å². The molecular weight excluding hydrogens is 232 g/mol. The topological polar surface area (TPSA) is 58.6 Å². The van der Waals surface area contributed by atoms with Crippen molar-refractivity contribution in [1.82, 2.24) is 10.2 Å². The zero-order valence-electron chi connectivity index (χ0n) is 11.8. The van der Waals surface area contributed by atoms with Crippen LogP contribution in [0, 0.1) is 5.92 Å². The largest absolute Gasteiger partial charge is 0.444 e. The fraction of sp³-hybridized carbons (Fsp3) is 0.846. The van der Waals surface area contributed by atoms with Gasteiger partial charge in [0.2, 0.25) is 0 Å². The maximum absolute atomic E-state index is 11.9. The third-order valence-corrected chi connectivity index (χ3v) is 2.94. The molecule has 1 N–H and O–H groups in total. The Morgan fingerprint density at radius 1 is 1.50 bits per heavy atom. The zero-order chi connectivity index (χ0) is 13.8. The average molecular weight is 256 g/mol. The van der Waals surface area contributed by atoms with Crippen molar-refractivity contribution in [3.63, 3.8) is 0 Å². The van der Waals surface area contributed by atoms with Crippen LogP contribution in [0.15, 0.2) is 0 Å². The molecular formula is C13H24N2O3. The summed E-state index contributed by atoms with van der Waals surface area (Å²) in [7, 11) is 1.88. The first kappa shape index (κ1) is 15.0. The molecule has 0 spiro atoms. The van der Waals surface area contributed by atoms with Crippen molar-refractivity contribution in [2.45, 2.75) is 39.2 Å². The standard InChI is InChI=1S/C13H24N2O3/c1-13(2,3)18-12(17)15-8-6-10(5-7-14-4)11(16)9-15/h10,14H,5-9H2,1-4H3. The van der Waals surface area contributed by atoms with Crippen LogP contribution in [-0.2, 0) is 9.53 Å². The highest BCUT2D eigenvalue weighted by molar-refractivity contribution is 5.87. The minimum Gasteiger partial charge on any atom is -0.444 e. The lowest BCUT2D eigenvalue weighted by Gasteiger charge is -2.32. The normalized spacial score (nSPS) is 21.0. The van der Waals surface area contributed by atoms with Crippen LogP contribution in [0.25, 0.3) is 0 Å². The number of carbonyl (C=O) groups is 2. The van der Waals surface area contributed by atoms with Crippen LogP contribution in [0.2, 0.25) is 0 Å². The molecule has 0 radical (unpaired) electrons. The number of rotatable bonds is 3. The molecule has 1 saturated heterocycles. The van der Waals surface area contributed by atoms with Crippen molar-refractivity contribution < 1.29 is 14.3 Å². The number of hydrogen-bond donors (Lipinski definition) is 1. The van der Waals surface area contributed by atoms with Crippen molar-refractivity contribution in [3.05, 3.63) is 0 Å². The lowest BCUT2D eigenvalue weighted by Crippen LogP contribution is -2.46. The Hall–Kier alpha value is -1.10. The Bertz CT molecular complexity index is 310. The van der Waals surface area contributed by atoms with Gasteiger partial charge in [0.25, 0.3) is 0 Å². The molecule has 0 aromatic rings. The third kappa shape index (κ3) is 4.64. The summed E-state index contributed by atoms with van der Waals surface area (Å²) in [5.74, 6) is 0.221. The molecule has 1 heterocycles. The number of nitrogens with zero attached hydrogens (tertiary/aromatic N) is 1. The van der Waals surface area contributed by atoms with E-state index in [9.17, 15) is 9.59 Å². The number of carbonyl (C=O) groups excluding carboxylic acids is 2. The predicted octanol–water partition coefficient (Wildman–Crippen LogP) is 1.42. The molecule has 104 valence electrons. The number of likely N-dealkylation sites (tertiary alicyclic amines) is 1. The Balaban J connectivity index is 2.45. The second-order valence-corrected chi connectivity index (χ2v) is 5.75. The SMILES string of the molecule is CNCCC1CCN(C(=O)OC(C)(C)C)CC1=O. The summed E-state index contributed by atoms with van der Waals surface area (Å²) >= 11 is 0. The highest BCUT2D eigenvalue weighted by atomic mass is 16.6. The summed E-state index contributed by atoms with van der Waals surface area (Å²) in [5.41, 5.74) is -0.511. The van der Waals surface area contributed by atoms with E-state index in [-0.39, 0.29) is 24.3 Å². The first-order valence-electron chi connectivity index (χ1n) is 6.48. The third-order valence-electron chi connectivity index (χ3n) is 2.94. The van der Waals surface area contributed by atoms with Gasteiger partial charge in [0, 0.05) is 12.5 Å². The maximum Gasteiger partial charge on any atom is 0.410 e. The summed E-state index contributed by atoms with van der Waals surface area (Å²) in [5, 5.41) is 3.04. The smallest absolute Gasteiger partial charge is 0.410 e. The summed E-state index contributed by atoms with van der Waals surface area (Å²) < 4.78 is 5.26.